The van der Waals surface area contributed by atoms with Crippen LogP contribution in [0.25, 0.3) is 0 Å². The van der Waals surface area contributed by atoms with Crippen molar-refractivity contribution >= 4 is 11.9 Å². The molecule has 122 valence electrons. The summed E-state index contributed by atoms with van der Waals surface area (Å²) in [5, 5.41) is 10.9. The van der Waals surface area contributed by atoms with Gasteiger partial charge in [0.15, 0.2) is 6.04 Å². The highest BCUT2D eigenvalue weighted by atomic mass is 19.4. The number of rotatable bonds is 4. The van der Waals surface area contributed by atoms with Gasteiger partial charge in [-0.3, -0.25) is 4.90 Å². The number of aromatic nitrogens is 1. The number of carboxylic acid groups (broad SMARTS) is 1. The quantitative estimate of drug-likeness (QED) is 0.497. The van der Waals surface area contributed by atoms with Crippen LogP contribution < -0.4 is 16.6 Å². The SMILES string of the molecule is NNc1cccc([C@@H](N2CCC[C@H]2NC(=O)O)C(F)(F)F)n1. The standard InChI is InChI=1S/C12H16F3N5O2/c13-12(14,15)10(7-3-1-4-8(17-7)19-16)20-6-2-5-9(20)18-11(21)22/h1,3-4,9-10,18H,2,5-6,16H2,(H,17,19)(H,21,22)/t9-,10+/m0/s1. The summed E-state index contributed by atoms with van der Waals surface area (Å²) in [5.41, 5.74) is 1.97. The third kappa shape index (κ3) is 3.57. The Bertz CT molecular complexity index is 540. The molecule has 1 amide bonds. The van der Waals surface area contributed by atoms with Crippen LogP contribution in [-0.4, -0.2) is 40.0 Å². The Labute approximate surface area is 124 Å². The molecule has 0 saturated carbocycles. The van der Waals surface area contributed by atoms with Gasteiger partial charge in [-0.2, -0.15) is 13.2 Å². The van der Waals surface area contributed by atoms with Gasteiger partial charge in [-0.25, -0.2) is 15.6 Å². The molecule has 1 aliphatic heterocycles. The van der Waals surface area contributed by atoms with E-state index in [1.165, 1.54) is 18.2 Å². The second kappa shape index (κ2) is 6.36. The van der Waals surface area contributed by atoms with E-state index in [-0.39, 0.29) is 18.1 Å². The van der Waals surface area contributed by atoms with Gasteiger partial charge >= 0.3 is 12.3 Å². The Morgan fingerprint density at radius 3 is 2.82 bits per heavy atom. The summed E-state index contributed by atoms with van der Waals surface area (Å²) in [7, 11) is 0. The molecule has 5 N–H and O–H groups in total. The number of alkyl halides is 3. The molecule has 2 atom stereocenters. The number of hydrogen-bond acceptors (Lipinski definition) is 5. The zero-order valence-corrected chi connectivity index (χ0v) is 11.5. The summed E-state index contributed by atoms with van der Waals surface area (Å²) in [5.74, 6) is 5.28. The largest absolute Gasteiger partial charge is 0.465 e. The molecule has 2 rings (SSSR count). The average molecular weight is 319 g/mol. The minimum Gasteiger partial charge on any atom is -0.465 e. The van der Waals surface area contributed by atoms with Crippen molar-refractivity contribution in [1.82, 2.24) is 15.2 Å². The Balaban J connectivity index is 2.35. The van der Waals surface area contributed by atoms with Gasteiger partial charge in [0, 0.05) is 6.54 Å². The molecule has 0 aromatic carbocycles. The fraction of sp³-hybridized carbons (Fsp3) is 0.500. The second-order valence-corrected chi connectivity index (χ2v) is 4.88. The van der Waals surface area contributed by atoms with Crippen molar-refractivity contribution in [1.29, 1.82) is 0 Å². The van der Waals surface area contributed by atoms with Gasteiger partial charge in [-0.05, 0) is 25.0 Å². The first-order chi connectivity index (χ1) is 10.3. The summed E-state index contributed by atoms with van der Waals surface area (Å²) in [4.78, 5) is 15.7. The lowest BCUT2D eigenvalue weighted by atomic mass is 10.1. The van der Waals surface area contributed by atoms with E-state index in [4.69, 9.17) is 10.9 Å². The maximum atomic E-state index is 13.5. The van der Waals surface area contributed by atoms with Gasteiger partial charge in [0.05, 0.1) is 11.9 Å². The fourth-order valence-electron chi connectivity index (χ4n) is 2.61. The van der Waals surface area contributed by atoms with E-state index in [2.05, 4.69) is 15.7 Å². The van der Waals surface area contributed by atoms with Crippen molar-refractivity contribution < 1.29 is 23.1 Å². The van der Waals surface area contributed by atoms with Crippen molar-refractivity contribution in [2.24, 2.45) is 5.84 Å². The summed E-state index contributed by atoms with van der Waals surface area (Å²) >= 11 is 0. The van der Waals surface area contributed by atoms with Crippen LogP contribution in [0.4, 0.5) is 23.8 Å². The molecule has 10 heteroatoms. The van der Waals surface area contributed by atoms with Crippen molar-refractivity contribution in [3.63, 3.8) is 0 Å². The van der Waals surface area contributed by atoms with Crippen molar-refractivity contribution in [2.45, 2.75) is 31.2 Å². The van der Waals surface area contributed by atoms with E-state index in [9.17, 15) is 18.0 Å². The predicted octanol–water partition coefficient (Wildman–Crippen LogP) is 1.66. The normalized spacial score (nSPS) is 20.6. The van der Waals surface area contributed by atoms with Gasteiger partial charge in [-0.1, -0.05) is 6.07 Å². The first kappa shape index (κ1) is 16.3. The number of nitrogens with one attached hydrogen (secondary N) is 2. The molecule has 1 fully saturated rings. The molecule has 0 unspecified atom stereocenters. The minimum atomic E-state index is -4.59. The third-order valence-electron chi connectivity index (χ3n) is 3.42. The van der Waals surface area contributed by atoms with Crippen LogP contribution in [0.3, 0.4) is 0 Å². The molecule has 1 aliphatic rings. The van der Waals surface area contributed by atoms with Gasteiger partial charge < -0.3 is 15.8 Å². The Kier molecular flexibility index (Phi) is 4.71. The highest BCUT2D eigenvalue weighted by Crippen LogP contribution is 2.40. The van der Waals surface area contributed by atoms with Crippen LogP contribution in [0, 0.1) is 0 Å². The zero-order chi connectivity index (χ0) is 16.3. The number of hydrogen-bond donors (Lipinski definition) is 4. The number of amides is 1. The molecule has 1 saturated heterocycles. The first-order valence-corrected chi connectivity index (χ1v) is 6.58. The molecule has 0 aliphatic carbocycles. The summed E-state index contributed by atoms with van der Waals surface area (Å²) in [6.07, 6.45) is -6.08. The lowest BCUT2D eigenvalue weighted by molar-refractivity contribution is -0.190. The topological polar surface area (TPSA) is 104 Å². The van der Waals surface area contributed by atoms with Crippen LogP contribution >= 0.6 is 0 Å². The van der Waals surface area contributed by atoms with E-state index in [1.807, 2.05) is 0 Å². The third-order valence-corrected chi connectivity index (χ3v) is 3.42. The maximum Gasteiger partial charge on any atom is 0.409 e. The minimum absolute atomic E-state index is 0.105. The lowest BCUT2D eigenvalue weighted by Gasteiger charge is -2.33. The fourth-order valence-corrected chi connectivity index (χ4v) is 2.61. The Hall–Kier alpha value is -2.07. The first-order valence-electron chi connectivity index (χ1n) is 6.58. The van der Waals surface area contributed by atoms with E-state index in [0.717, 1.165) is 4.90 Å². The monoisotopic (exact) mass is 319 g/mol. The molecule has 7 nitrogen and oxygen atoms in total. The maximum absolute atomic E-state index is 13.5. The summed E-state index contributed by atoms with van der Waals surface area (Å²) < 4.78 is 40.5. The van der Waals surface area contributed by atoms with Gasteiger partial charge in [0.2, 0.25) is 0 Å². The van der Waals surface area contributed by atoms with E-state index >= 15 is 0 Å². The number of pyridine rings is 1. The second-order valence-electron chi connectivity index (χ2n) is 4.88. The zero-order valence-electron chi connectivity index (χ0n) is 11.5. The van der Waals surface area contributed by atoms with Crippen LogP contribution in [-0.2, 0) is 0 Å². The van der Waals surface area contributed by atoms with Crippen LogP contribution in [0.15, 0.2) is 18.2 Å². The molecule has 0 bridgehead atoms. The number of anilines is 1. The Morgan fingerprint density at radius 2 is 2.23 bits per heavy atom. The number of nitrogens with zero attached hydrogens (tertiary/aromatic N) is 2. The highest BCUT2D eigenvalue weighted by molar-refractivity contribution is 5.64. The molecule has 1 aromatic heterocycles. The number of likely N-dealkylation sites (tertiary alicyclic amines) is 1. The van der Waals surface area contributed by atoms with Gasteiger partial charge in [0.25, 0.3) is 0 Å². The van der Waals surface area contributed by atoms with Crippen molar-refractivity contribution in [2.75, 3.05) is 12.0 Å². The molecular formula is C12H16F3N5O2. The van der Waals surface area contributed by atoms with Gasteiger partial charge in [-0.15, -0.1) is 0 Å². The number of nitrogens with two attached hydrogens (primary N) is 1. The van der Waals surface area contributed by atoms with E-state index in [1.54, 1.807) is 0 Å². The number of nitrogen functional groups attached to an aromatic ring is 1. The van der Waals surface area contributed by atoms with Crippen molar-refractivity contribution in [3.8, 4) is 0 Å². The van der Waals surface area contributed by atoms with Gasteiger partial charge in [0.1, 0.15) is 5.82 Å². The Morgan fingerprint density at radius 1 is 1.50 bits per heavy atom. The predicted molar refractivity (Wildman–Crippen MR) is 71.7 cm³/mol. The van der Waals surface area contributed by atoms with Crippen LogP contribution in [0.5, 0.6) is 0 Å². The molecule has 0 spiro atoms. The molecule has 2 heterocycles. The number of halogens is 3. The van der Waals surface area contributed by atoms with E-state index in [0.29, 0.717) is 12.8 Å². The molecule has 1 aromatic rings. The van der Waals surface area contributed by atoms with Crippen LogP contribution in [0.1, 0.15) is 24.6 Å². The number of carbonyl (C=O) groups is 1. The summed E-state index contributed by atoms with van der Waals surface area (Å²) in [6, 6.07) is 2.09. The smallest absolute Gasteiger partial charge is 0.409 e. The highest BCUT2D eigenvalue weighted by Gasteiger charge is 2.49. The number of hydrazine groups is 1. The molecule has 22 heavy (non-hydrogen) atoms. The summed E-state index contributed by atoms with van der Waals surface area (Å²) in [6.45, 7) is 0.122. The van der Waals surface area contributed by atoms with E-state index < -0.39 is 24.5 Å². The molecular weight excluding hydrogens is 303 g/mol. The van der Waals surface area contributed by atoms with Crippen LogP contribution in [0.2, 0.25) is 0 Å². The molecule has 0 radical (unpaired) electrons. The average Bonchev–Trinajstić information content (AvgIpc) is 2.85. The van der Waals surface area contributed by atoms with Crippen molar-refractivity contribution in [3.05, 3.63) is 23.9 Å². The lowest BCUT2D eigenvalue weighted by Crippen LogP contribution is -2.49.